The van der Waals surface area contributed by atoms with Crippen molar-refractivity contribution in [1.29, 1.82) is 0 Å². The normalized spacial score (nSPS) is 13.4. The lowest BCUT2D eigenvalue weighted by atomic mass is 10.2. The maximum atomic E-state index is 5.27. The van der Waals surface area contributed by atoms with Crippen LogP contribution in [0.5, 0.6) is 0 Å². The fourth-order valence-electron chi connectivity index (χ4n) is 0.831. The molecule has 0 bridgehead atoms. The minimum atomic E-state index is 0.426. The molecule has 1 atom stereocenters. The van der Waals surface area contributed by atoms with E-state index in [1.165, 1.54) is 0 Å². The quantitative estimate of drug-likeness (QED) is 0.594. The van der Waals surface area contributed by atoms with Crippen LogP contribution in [0.25, 0.3) is 0 Å². The van der Waals surface area contributed by atoms with Crippen LogP contribution in [0.3, 0.4) is 0 Å². The van der Waals surface area contributed by atoms with Crippen molar-refractivity contribution in [3.63, 3.8) is 0 Å². The van der Waals surface area contributed by atoms with Crippen LogP contribution in [0.4, 0.5) is 0 Å². The molecule has 0 spiro atoms. The number of rotatable bonds is 7. The third-order valence-electron chi connectivity index (χ3n) is 1.60. The lowest BCUT2D eigenvalue weighted by molar-refractivity contribution is 0.106. The molecule has 3 nitrogen and oxygen atoms in total. The van der Waals surface area contributed by atoms with E-state index in [2.05, 4.69) is 5.32 Å². The van der Waals surface area contributed by atoms with Gasteiger partial charge in [0.25, 0.3) is 0 Å². The molecule has 68 valence electrons. The Morgan fingerprint density at radius 1 is 1.45 bits per heavy atom. The molecule has 0 amide bonds. The second-order valence-corrected chi connectivity index (χ2v) is 2.43. The molecule has 0 aromatic rings. The van der Waals surface area contributed by atoms with Crippen molar-refractivity contribution in [2.45, 2.75) is 19.4 Å². The Bertz CT molecular complexity index is 70.5. The van der Waals surface area contributed by atoms with E-state index < -0.39 is 0 Å². The summed E-state index contributed by atoms with van der Waals surface area (Å²) >= 11 is 0. The third kappa shape index (κ3) is 6.28. The molecule has 0 aliphatic heterocycles. The van der Waals surface area contributed by atoms with Crippen LogP contribution in [-0.4, -0.2) is 40.0 Å². The number of hydrogen-bond acceptors (Lipinski definition) is 3. The second-order valence-electron chi connectivity index (χ2n) is 2.43. The van der Waals surface area contributed by atoms with Crippen LogP contribution >= 0.6 is 0 Å². The first-order valence-electron chi connectivity index (χ1n) is 4.09. The SMILES string of the molecule is CCOCC(CCOC)NC. The van der Waals surface area contributed by atoms with Crippen LogP contribution < -0.4 is 5.32 Å². The van der Waals surface area contributed by atoms with Gasteiger partial charge in [-0.05, 0) is 20.4 Å². The summed E-state index contributed by atoms with van der Waals surface area (Å²) < 4.78 is 10.2. The van der Waals surface area contributed by atoms with Crippen LogP contribution in [0.15, 0.2) is 0 Å². The lowest BCUT2D eigenvalue weighted by Crippen LogP contribution is -2.31. The highest BCUT2D eigenvalue weighted by atomic mass is 16.5. The zero-order chi connectivity index (χ0) is 8.53. The van der Waals surface area contributed by atoms with Crippen LogP contribution in [-0.2, 0) is 9.47 Å². The molecular weight excluding hydrogens is 142 g/mol. The number of hydrogen-bond donors (Lipinski definition) is 1. The Morgan fingerprint density at radius 3 is 2.64 bits per heavy atom. The Kier molecular flexibility index (Phi) is 7.89. The highest BCUT2D eigenvalue weighted by molar-refractivity contribution is 4.62. The van der Waals surface area contributed by atoms with E-state index in [1.807, 2.05) is 14.0 Å². The number of methoxy groups -OCH3 is 1. The summed E-state index contributed by atoms with van der Waals surface area (Å²) in [6.45, 7) is 4.35. The monoisotopic (exact) mass is 161 g/mol. The fraction of sp³-hybridized carbons (Fsp3) is 1.00. The number of likely N-dealkylation sites (N-methyl/N-ethyl adjacent to an activating group) is 1. The fourth-order valence-corrected chi connectivity index (χ4v) is 0.831. The first-order chi connectivity index (χ1) is 5.35. The van der Waals surface area contributed by atoms with Gasteiger partial charge in [0.15, 0.2) is 0 Å². The number of nitrogens with one attached hydrogen (secondary N) is 1. The lowest BCUT2D eigenvalue weighted by Gasteiger charge is -2.14. The van der Waals surface area contributed by atoms with Crippen LogP contribution in [0.1, 0.15) is 13.3 Å². The molecule has 0 aromatic heterocycles. The number of ether oxygens (including phenoxy) is 2. The van der Waals surface area contributed by atoms with Crippen molar-refractivity contribution < 1.29 is 9.47 Å². The van der Waals surface area contributed by atoms with Gasteiger partial charge in [0.2, 0.25) is 0 Å². The molecule has 11 heavy (non-hydrogen) atoms. The summed E-state index contributed by atoms with van der Waals surface area (Å²) in [5.41, 5.74) is 0. The molecule has 0 heterocycles. The van der Waals surface area contributed by atoms with Crippen molar-refractivity contribution in [3.05, 3.63) is 0 Å². The first kappa shape index (κ1) is 10.9. The molecule has 0 saturated heterocycles. The summed E-state index contributed by atoms with van der Waals surface area (Å²) in [5, 5.41) is 3.17. The van der Waals surface area contributed by atoms with Crippen molar-refractivity contribution in [2.75, 3.05) is 34.0 Å². The maximum absolute atomic E-state index is 5.27. The van der Waals surface area contributed by atoms with Gasteiger partial charge in [0.1, 0.15) is 0 Å². The average Bonchev–Trinajstić information content (AvgIpc) is 2.05. The van der Waals surface area contributed by atoms with E-state index in [0.29, 0.717) is 6.04 Å². The van der Waals surface area contributed by atoms with Gasteiger partial charge in [0.05, 0.1) is 6.61 Å². The summed E-state index contributed by atoms with van der Waals surface area (Å²) in [6, 6.07) is 0.426. The minimum absolute atomic E-state index is 0.426. The van der Waals surface area contributed by atoms with Gasteiger partial charge in [-0.25, -0.2) is 0 Å². The zero-order valence-corrected chi connectivity index (χ0v) is 7.72. The Labute approximate surface area is 69.1 Å². The first-order valence-corrected chi connectivity index (χ1v) is 4.09. The second kappa shape index (κ2) is 7.98. The Hall–Kier alpha value is -0.120. The summed E-state index contributed by atoms with van der Waals surface area (Å²) in [6.07, 6.45) is 1.01. The molecule has 1 N–H and O–H groups in total. The minimum Gasteiger partial charge on any atom is -0.385 e. The van der Waals surface area contributed by atoms with E-state index >= 15 is 0 Å². The maximum Gasteiger partial charge on any atom is 0.0620 e. The van der Waals surface area contributed by atoms with Gasteiger partial charge < -0.3 is 14.8 Å². The smallest absolute Gasteiger partial charge is 0.0620 e. The van der Waals surface area contributed by atoms with Gasteiger partial charge in [-0.3, -0.25) is 0 Å². The van der Waals surface area contributed by atoms with E-state index in [-0.39, 0.29) is 0 Å². The van der Waals surface area contributed by atoms with Gasteiger partial charge in [0, 0.05) is 26.4 Å². The molecule has 0 rings (SSSR count). The average molecular weight is 161 g/mol. The topological polar surface area (TPSA) is 30.5 Å². The predicted octanol–water partition coefficient (Wildman–Crippen LogP) is 0.647. The van der Waals surface area contributed by atoms with Gasteiger partial charge in [-0.1, -0.05) is 0 Å². The largest absolute Gasteiger partial charge is 0.385 e. The zero-order valence-electron chi connectivity index (χ0n) is 7.72. The highest BCUT2D eigenvalue weighted by Crippen LogP contribution is 1.92. The summed E-state index contributed by atoms with van der Waals surface area (Å²) in [5.74, 6) is 0. The molecular formula is C8H19NO2. The summed E-state index contributed by atoms with van der Waals surface area (Å²) in [7, 11) is 3.66. The van der Waals surface area contributed by atoms with Gasteiger partial charge >= 0.3 is 0 Å². The van der Waals surface area contributed by atoms with Gasteiger partial charge in [-0.15, -0.1) is 0 Å². The molecule has 0 aromatic carbocycles. The van der Waals surface area contributed by atoms with E-state index in [0.717, 1.165) is 26.2 Å². The van der Waals surface area contributed by atoms with Crippen molar-refractivity contribution in [3.8, 4) is 0 Å². The Morgan fingerprint density at radius 2 is 2.18 bits per heavy atom. The van der Waals surface area contributed by atoms with Crippen LogP contribution in [0, 0.1) is 0 Å². The standard InChI is InChI=1S/C8H19NO2/c1-4-11-7-8(9-2)5-6-10-3/h8-9H,4-7H2,1-3H3. The van der Waals surface area contributed by atoms with Crippen molar-refractivity contribution in [2.24, 2.45) is 0 Å². The van der Waals surface area contributed by atoms with Crippen molar-refractivity contribution >= 4 is 0 Å². The molecule has 0 saturated carbocycles. The van der Waals surface area contributed by atoms with E-state index in [9.17, 15) is 0 Å². The van der Waals surface area contributed by atoms with E-state index in [4.69, 9.17) is 9.47 Å². The third-order valence-corrected chi connectivity index (χ3v) is 1.60. The van der Waals surface area contributed by atoms with E-state index in [1.54, 1.807) is 7.11 Å². The molecule has 0 aliphatic carbocycles. The van der Waals surface area contributed by atoms with Crippen molar-refractivity contribution in [1.82, 2.24) is 5.32 Å². The Balaban J connectivity index is 3.25. The molecule has 3 heteroatoms. The molecule has 0 aliphatic rings. The van der Waals surface area contributed by atoms with Crippen LogP contribution in [0.2, 0.25) is 0 Å². The molecule has 1 unspecified atom stereocenters. The van der Waals surface area contributed by atoms with Gasteiger partial charge in [-0.2, -0.15) is 0 Å². The predicted molar refractivity (Wildman–Crippen MR) is 45.8 cm³/mol. The highest BCUT2D eigenvalue weighted by Gasteiger charge is 2.03. The molecule has 0 radical (unpaired) electrons. The summed E-state index contributed by atoms with van der Waals surface area (Å²) in [4.78, 5) is 0. The molecule has 0 fully saturated rings.